The van der Waals surface area contributed by atoms with Crippen molar-refractivity contribution < 1.29 is 9.13 Å². The van der Waals surface area contributed by atoms with E-state index in [1.54, 1.807) is 37.6 Å². The molecule has 9 heteroatoms. The fraction of sp³-hybridized carbons (Fsp3) is 0.190. The molecule has 3 rings (SSSR count). The highest BCUT2D eigenvalue weighted by molar-refractivity contribution is 14.0. The highest BCUT2D eigenvalue weighted by Crippen LogP contribution is 2.23. The average molecular weight is 542 g/mol. The van der Waals surface area contributed by atoms with E-state index in [4.69, 9.17) is 16.3 Å². The first-order valence-electron chi connectivity index (χ1n) is 9.06. The SMILES string of the molecule is CN=C(NCCc1ccc(Cl)nc1)NCc1cccnc1Oc1cccc(F)c1.I. The maximum absolute atomic E-state index is 13.4. The Labute approximate surface area is 197 Å². The van der Waals surface area contributed by atoms with E-state index in [1.165, 1.54) is 12.1 Å². The quantitative estimate of drug-likeness (QED) is 0.198. The molecule has 0 saturated heterocycles. The third-order valence-corrected chi connectivity index (χ3v) is 4.25. The molecule has 0 fully saturated rings. The highest BCUT2D eigenvalue weighted by Gasteiger charge is 2.08. The fourth-order valence-electron chi connectivity index (χ4n) is 2.57. The van der Waals surface area contributed by atoms with Gasteiger partial charge in [-0.15, -0.1) is 24.0 Å². The van der Waals surface area contributed by atoms with Crippen molar-refractivity contribution in [3.8, 4) is 11.6 Å². The van der Waals surface area contributed by atoms with Crippen molar-refractivity contribution >= 4 is 41.5 Å². The zero-order valence-corrected chi connectivity index (χ0v) is 19.4. The van der Waals surface area contributed by atoms with Crippen LogP contribution in [0, 0.1) is 5.82 Å². The molecule has 0 aliphatic carbocycles. The maximum Gasteiger partial charge on any atom is 0.224 e. The predicted octanol–water partition coefficient (Wildman–Crippen LogP) is 4.59. The van der Waals surface area contributed by atoms with Crippen molar-refractivity contribution in [1.29, 1.82) is 0 Å². The third kappa shape index (κ3) is 7.42. The zero-order valence-electron chi connectivity index (χ0n) is 16.3. The van der Waals surface area contributed by atoms with Gasteiger partial charge in [-0.3, -0.25) is 4.99 Å². The Kier molecular flexibility index (Phi) is 9.75. The highest BCUT2D eigenvalue weighted by atomic mass is 127. The molecular weight excluding hydrogens is 520 g/mol. The number of nitrogens with zero attached hydrogens (tertiary/aromatic N) is 3. The van der Waals surface area contributed by atoms with Crippen molar-refractivity contribution in [3.05, 3.63) is 83.0 Å². The van der Waals surface area contributed by atoms with Crippen LogP contribution in [0.15, 0.2) is 65.9 Å². The first kappa shape index (κ1) is 23.8. The van der Waals surface area contributed by atoms with E-state index in [-0.39, 0.29) is 29.8 Å². The van der Waals surface area contributed by atoms with Gasteiger partial charge in [0.05, 0.1) is 0 Å². The summed E-state index contributed by atoms with van der Waals surface area (Å²) in [7, 11) is 1.70. The largest absolute Gasteiger partial charge is 0.439 e. The lowest BCUT2D eigenvalue weighted by atomic mass is 10.2. The molecule has 0 saturated carbocycles. The standard InChI is InChI=1S/C21H21ClFN5O.HI/c1-24-21(26-11-9-15-7-8-19(22)27-13-15)28-14-16-4-3-10-25-20(16)29-18-6-2-5-17(23)12-18;/h2-8,10,12-13H,9,11,14H2,1H3,(H2,24,26,28);1H. The third-order valence-electron chi connectivity index (χ3n) is 4.03. The molecule has 0 unspecified atom stereocenters. The fourth-order valence-corrected chi connectivity index (χ4v) is 2.68. The van der Waals surface area contributed by atoms with E-state index in [1.807, 2.05) is 18.2 Å². The molecule has 2 N–H and O–H groups in total. The summed E-state index contributed by atoms with van der Waals surface area (Å²) in [5, 5.41) is 6.95. The Morgan fingerprint density at radius 2 is 2.00 bits per heavy atom. The molecule has 0 radical (unpaired) electrons. The molecule has 1 aromatic carbocycles. The van der Waals surface area contributed by atoms with E-state index in [0.717, 1.165) is 17.5 Å². The van der Waals surface area contributed by atoms with Gasteiger partial charge in [0, 0.05) is 44.2 Å². The number of ether oxygens (including phenoxy) is 1. The number of aromatic nitrogens is 2. The summed E-state index contributed by atoms with van der Waals surface area (Å²) in [6.07, 6.45) is 4.17. The van der Waals surface area contributed by atoms with E-state index >= 15 is 0 Å². The van der Waals surface area contributed by atoms with E-state index < -0.39 is 0 Å². The van der Waals surface area contributed by atoms with Crippen molar-refractivity contribution in [2.75, 3.05) is 13.6 Å². The van der Waals surface area contributed by atoms with Crippen LogP contribution in [0.4, 0.5) is 4.39 Å². The molecule has 6 nitrogen and oxygen atoms in total. The molecule has 0 atom stereocenters. The Hall–Kier alpha value is -2.46. The molecule has 30 heavy (non-hydrogen) atoms. The first-order valence-corrected chi connectivity index (χ1v) is 9.44. The summed E-state index contributed by atoms with van der Waals surface area (Å²) in [5.74, 6) is 1.09. The molecule has 0 aliphatic rings. The monoisotopic (exact) mass is 541 g/mol. The van der Waals surface area contributed by atoms with Gasteiger partial charge in [0.1, 0.15) is 16.7 Å². The van der Waals surface area contributed by atoms with Gasteiger partial charge in [-0.1, -0.05) is 29.8 Å². The van der Waals surface area contributed by atoms with Gasteiger partial charge in [0.15, 0.2) is 5.96 Å². The van der Waals surface area contributed by atoms with Crippen LogP contribution >= 0.6 is 35.6 Å². The molecule has 3 aromatic rings. The van der Waals surface area contributed by atoms with E-state index in [0.29, 0.717) is 35.8 Å². The summed E-state index contributed by atoms with van der Waals surface area (Å²) in [4.78, 5) is 12.5. The lowest BCUT2D eigenvalue weighted by Gasteiger charge is -2.14. The minimum atomic E-state index is -0.362. The normalized spacial score (nSPS) is 10.8. The minimum absolute atomic E-state index is 0. The molecule has 2 heterocycles. The molecule has 158 valence electrons. The van der Waals surface area contributed by atoms with Crippen LogP contribution in [0.25, 0.3) is 0 Å². The van der Waals surface area contributed by atoms with Crippen molar-refractivity contribution in [3.63, 3.8) is 0 Å². The summed E-state index contributed by atoms with van der Waals surface area (Å²) in [6.45, 7) is 1.13. The Morgan fingerprint density at radius 3 is 2.73 bits per heavy atom. The van der Waals surface area contributed by atoms with Gasteiger partial charge in [-0.25, -0.2) is 14.4 Å². The van der Waals surface area contributed by atoms with Gasteiger partial charge >= 0.3 is 0 Å². The Balaban J connectivity index is 0.00000320. The van der Waals surface area contributed by atoms with Crippen molar-refractivity contribution in [2.24, 2.45) is 4.99 Å². The van der Waals surface area contributed by atoms with Crippen LogP contribution in [-0.2, 0) is 13.0 Å². The summed E-state index contributed by atoms with van der Waals surface area (Å²) in [5.41, 5.74) is 1.90. The van der Waals surface area contributed by atoms with Gasteiger partial charge < -0.3 is 15.4 Å². The smallest absolute Gasteiger partial charge is 0.224 e. The van der Waals surface area contributed by atoms with Gasteiger partial charge in [0.25, 0.3) is 0 Å². The molecule has 0 spiro atoms. The number of hydrogen-bond donors (Lipinski definition) is 2. The summed E-state index contributed by atoms with van der Waals surface area (Å²) in [6, 6.07) is 13.4. The van der Waals surface area contributed by atoms with Crippen molar-refractivity contribution in [2.45, 2.75) is 13.0 Å². The number of pyridine rings is 2. The van der Waals surface area contributed by atoms with Crippen LogP contribution in [0.5, 0.6) is 11.6 Å². The van der Waals surface area contributed by atoms with Crippen LogP contribution in [0.3, 0.4) is 0 Å². The van der Waals surface area contributed by atoms with Crippen LogP contribution in [-0.4, -0.2) is 29.5 Å². The second-order valence-corrected chi connectivity index (χ2v) is 6.51. The maximum atomic E-state index is 13.4. The number of rotatable bonds is 7. The Morgan fingerprint density at radius 1 is 1.13 bits per heavy atom. The number of guanidine groups is 1. The van der Waals surface area contributed by atoms with Gasteiger partial charge in [0.2, 0.25) is 5.88 Å². The molecule has 0 aliphatic heterocycles. The van der Waals surface area contributed by atoms with E-state index in [9.17, 15) is 4.39 Å². The lowest BCUT2D eigenvalue weighted by Crippen LogP contribution is -2.37. The number of hydrogen-bond acceptors (Lipinski definition) is 4. The average Bonchev–Trinajstić information content (AvgIpc) is 2.73. The van der Waals surface area contributed by atoms with Crippen LogP contribution in [0.2, 0.25) is 5.15 Å². The number of aliphatic imine (C=N–C) groups is 1. The van der Waals surface area contributed by atoms with E-state index in [2.05, 4.69) is 25.6 Å². The zero-order chi connectivity index (χ0) is 20.5. The predicted molar refractivity (Wildman–Crippen MR) is 127 cm³/mol. The molecule has 2 aromatic heterocycles. The Bertz CT molecular complexity index is 972. The molecule has 0 amide bonds. The molecule has 0 bridgehead atoms. The molecular formula is C21H22ClFIN5O. The van der Waals surface area contributed by atoms with Crippen LogP contribution in [0.1, 0.15) is 11.1 Å². The summed E-state index contributed by atoms with van der Waals surface area (Å²) < 4.78 is 19.1. The number of nitrogens with one attached hydrogen (secondary N) is 2. The number of halogens is 3. The minimum Gasteiger partial charge on any atom is -0.439 e. The van der Waals surface area contributed by atoms with Gasteiger partial charge in [-0.2, -0.15) is 0 Å². The van der Waals surface area contributed by atoms with Crippen molar-refractivity contribution in [1.82, 2.24) is 20.6 Å². The first-order chi connectivity index (χ1) is 14.1. The number of benzene rings is 1. The second-order valence-electron chi connectivity index (χ2n) is 6.12. The second kappa shape index (κ2) is 12.3. The lowest BCUT2D eigenvalue weighted by molar-refractivity contribution is 0.450. The van der Waals surface area contributed by atoms with Gasteiger partial charge in [-0.05, 0) is 36.2 Å². The topological polar surface area (TPSA) is 71.4 Å². The summed E-state index contributed by atoms with van der Waals surface area (Å²) >= 11 is 5.80. The van der Waals surface area contributed by atoms with Crippen LogP contribution < -0.4 is 15.4 Å².